The zero-order valence-electron chi connectivity index (χ0n) is 20.0. The maximum atomic E-state index is 14.0. The van der Waals surface area contributed by atoms with E-state index in [1.165, 1.54) is 13.0 Å². The van der Waals surface area contributed by atoms with Gasteiger partial charge >= 0.3 is 6.18 Å². The number of amides is 1. The number of allylic oxidation sites excluding steroid dienone is 3. The van der Waals surface area contributed by atoms with Crippen molar-refractivity contribution in [3.05, 3.63) is 70.3 Å². The highest BCUT2D eigenvalue weighted by Crippen LogP contribution is 2.37. The minimum absolute atomic E-state index is 0.149. The van der Waals surface area contributed by atoms with Crippen LogP contribution in [0.25, 0.3) is 0 Å². The minimum Gasteiger partial charge on any atom is -0.473 e. The number of nitrogens with zero attached hydrogens (tertiary/aromatic N) is 2. The fraction of sp³-hybridized carbons (Fsp3) is 0.458. The lowest BCUT2D eigenvalue weighted by Gasteiger charge is -2.34. The number of hydrogen-bond donors (Lipinski definition) is 2. The molecule has 3 N–H and O–H groups in total. The summed E-state index contributed by atoms with van der Waals surface area (Å²) in [6, 6.07) is 3.11. The molecule has 2 aliphatic rings. The van der Waals surface area contributed by atoms with Gasteiger partial charge < -0.3 is 15.8 Å². The molecule has 2 heterocycles. The monoisotopic (exact) mass is 500 g/mol. The highest BCUT2D eigenvalue weighted by molar-refractivity contribution is 5.96. The molecule has 2 unspecified atom stereocenters. The fourth-order valence-corrected chi connectivity index (χ4v) is 3.90. The summed E-state index contributed by atoms with van der Waals surface area (Å²) in [5.74, 6) is -1.67. The van der Waals surface area contributed by atoms with Crippen molar-refractivity contribution >= 4 is 5.91 Å². The highest BCUT2D eigenvalue weighted by atomic mass is 19.4. The van der Waals surface area contributed by atoms with Gasteiger partial charge in [-0.15, -0.1) is 0 Å². The zero-order chi connectivity index (χ0) is 26.1. The average molecular weight is 501 g/mol. The predicted molar refractivity (Wildman–Crippen MR) is 120 cm³/mol. The number of hydrazine groups is 1. The van der Waals surface area contributed by atoms with Gasteiger partial charge in [0.15, 0.2) is 0 Å². The van der Waals surface area contributed by atoms with Crippen LogP contribution in [0.1, 0.15) is 39.2 Å². The SMILES string of the molecule is CC1=CC2=C(C(=O)NCC(C)(N)CCC(F)(F)F)C(C)N(C)N2C(OCc2c(F)cccc2F)=C1. The molecule has 0 aromatic heterocycles. The molecular weight excluding hydrogens is 471 g/mol. The number of ether oxygens (including phenoxy) is 1. The molecule has 0 saturated heterocycles. The molecule has 3 rings (SSSR count). The van der Waals surface area contributed by atoms with E-state index in [1.54, 1.807) is 43.1 Å². The fourth-order valence-electron chi connectivity index (χ4n) is 3.90. The Kier molecular flexibility index (Phi) is 7.61. The molecule has 1 aromatic carbocycles. The molecule has 2 aliphatic heterocycles. The van der Waals surface area contributed by atoms with E-state index in [1.807, 2.05) is 0 Å². The number of likely N-dealkylation sites (N-methyl/N-ethyl adjacent to an activating group) is 1. The maximum Gasteiger partial charge on any atom is 0.389 e. The first kappa shape index (κ1) is 26.7. The number of alkyl halides is 3. The third-order valence-electron chi connectivity index (χ3n) is 6.03. The molecule has 2 atom stereocenters. The molecule has 11 heteroatoms. The first-order valence-corrected chi connectivity index (χ1v) is 11.1. The van der Waals surface area contributed by atoms with Crippen molar-refractivity contribution in [1.29, 1.82) is 0 Å². The van der Waals surface area contributed by atoms with Gasteiger partial charge in [0.25, 0.3) is 5.91 Å². The highest BCUT2D eigenvalue weighted by Gasteiger charge is 2.41. The van der Waals surface area contributed by atoms with Crippen LogP contribution >= 0.6 is 0 Å². The molecule has 0 saturated carbocycles. The Bertz CT molecular complexity index is 1060. The van der Waals surface area contributed by atoms with E-state index in [0.29, 0.717) is 11.3 Å². The van der Waals surface area contributed by atoms with E-state index < -0.39 is 41.7 Å². The minimum atomic E-state index is -4.34. The Morgan fingerprint density at radius 2 is 1.80 bits per heavy atom. The lowest BCUT2D eigenvalue weighted by Crippen LogP contribution is -2.49. The number of fused-ring (bicyclic) bond motifs is 1. The van der Waals surface area contributed by atoms with Crippen molar-refractivity contribution in [2.45, 2.75) is 58.0 Å². The molecule has 0 radical (unpaired) electrons. The molecule has 0 spiro atoms. The van der Waals surface area contributed by atoms with Gasteiger partial charge in [0.1, 0.15) is 18.2 Å². The van der Waals surface area contributed by atoms with Gasteiger partial charge in [-0.05, 0) is 51.0 Å². The molecule has 1 amide bonds. The van der Waals surface area contributed by atoms with E-state index in [9.17, 15) is 26.7 Å². The number of carbonyl (C=O) groups is 1. The van der Waals surface area contributed by atoms with Gasteiger partial charge in [0, 0.05) is 31.6 Å². The van der Waals surface area contributed by atoms with Crippen LogP contribution in [0, 0.1) is 11.6 Å². The number of halogens is 5. The smallest absolute Gasteiger partial charge is 0.389 e. The summed E-state index contributed by atoms with van der Waals surface area (Å²) < 4.78 is 71.6. The largest absolute Gasteiger partial charge is 0.473 e. The summed E-state index contributed by atoms with van der Waals surface area (Å²) in [7, 11) is 1.72. The number of carbonyl (C=O) groups excluding carboxylic acids is 1. The Hall–Kier alpha value is -2.92. The van der Waals surface area contributed by atoms with Crippen molar-refractivity contribution in [1.82, 2.24) is 15.3 Å². The standard InChI is InChI=1S/C24H29F5N4O2/c1-14-10-19-21(22(34)31-13-23(3,30)8-9-24(27,28)29)15(2)32(4)33(19)20(11-14)35-12-16-17(25)6-5-7-18(16)26/h5-7,10-11,15H,8-9,12-13,30H2,1-4H3,(H,31,34). The topological polar surface area (TPSA) is 70.8 Å². The van der Waals surface area contributed by atoms with Crippen LogP contribution in [0.5, 0.6) is 0 Å². The maximum absolute atomic E-state index is 14.0. The zero-order valence-corrected chi connectivity index (χ0v) is 20.0. The van der Waals surface area contributed by atoms with E-state index in [-0.39, 0.29) is 31.0 Å². The lowest BCUT2D eigenvalue weighted by molar-refractivity contribution is -0.138. The molecule has 192 valence electrons. The van der Waals surface area contributed by atoms with Gasteiger partial charge in [-0.1, -0.05) is 6.07 Å². The van der Waals surface area contributed by atoms with Crippen LogP contribution in [0.2, 0.25) is 0 Å². The van der Waals surface area contributed by atoms with Gasteiger partial charge in [-0.2, -0.15) is 13.2 Å². The van der Waals surface area contributed by atoms with Crippen molar-refractivity contribution in [2.75, 3.05) is 13.6 Å². The van der Waals surface area contributed by atoms with Crippen LogP contribution in [-0.2, 0) is 16.1 Å². The van der Waals surface area contributed by atoms with Crippen LogP contribution in [-0.4, -0.2) is 47.3 Å². The Balaban J connectivity index is 1.78. The molecule has 6 nitrogen and oxygen atoms in total. The molecule has 0 bridgehead atoms. The summed E-state index contributed by atoms with van der Waals surface area (Å²) in [6.07, 6.45) is -2.28. The summed E-state index contributed by atoms with van der Waals surface area (Å²) in [6.45, 7) is 4.50. The van der Waals surface area contributed by atoms with Gasteiger partial charge in [-0.3, -0.25) is 4.79 Å². The summed E-state index contributed by atoms with van der Waals surface area (Å²) in [5, 5.41) is 6.00. The lowest BCUT2D eigenvalue weighted by atomic mass is 9.96. The Labute approximate surface area is 200 Å². The predicted octanol–water partition coefficient (Wildman–Crippen LogP) is 4.26. The molecule has 0 fully saturated rings. The third kappa shape index (κ3) is 6.21. The molecular formula is C24H29F5N4O2. The van der Waals surface area contributed by atoms with E-state index in [4.69, 9.17) is 10.5 Å². The van der Waals surface area contributed by atoms with Crippen molar-refractivity contribution in [3.63, 3.8) is 0 Å². The summed E-state index contributed by atoms with van der Waals surface area (Å²) in [4.78, 5) is 13.1. The number of rotatable bonds is 8. The first-order valence-electron chi connectivity index (χ1n) is 11.1. The van der Waals surface area contributed by atoms with Gasteiger partial charge in [0.2, 0.25) is 5.88 Å². The quantitative estimate of drug-likeness (QED) is 0.522. The Morgan fingerprint density at radius 1 is 1.17 bits per heavy atom. The normalized spacial score (nSPS) is 20.3. The second-order valence-electron chi connectivity index (χ2n) is 9.17. The van der Waals surface area contributed by atoms with E-state index in [2.05, 4.69) is 5.32 Å². The van der Waals surface area contributed by atoms with Crippen molar-refractivity contribution in [3.8, 4) is 0 Å². The summed E-state index contributed by atoms with van der Waals surface area (Å²) in [5.41, 5.74) is 6.10. The van der Waals surface area contributed by atoms with Crippen molar-refractivity contribution < 1.29 is 31.5 Å². The number of hydrogen-bond acceptors (Lipinski definition) is 5. The Morgan fingerprint density at radius 3 is 2.40 bits per heavy atom. The number of nitrogens with two attached hydrogens (primary N) is 1. The van der Waals surface area contributed by atoms with Gasteiger partial charge in [-0.25, -0.2) is 18.8 Å². The first-order chi connectivity index (χ1) is 16.2. The second kappa shape index (κ2) is 9.98. The average Bonchev–Trinajstić information content (AvgIpc) is 3.00. The van der Waals surface area contributed by atoms with Crippen molar-refractivity contribution in [2.24, 2.45) is 5.73 Å². The van der Waals surface area contributed by atoms with Crippen LogP contribution < -0.4 is 11.1 Å². The summed E-state index contributed by atoms with van der Waals surface area (Å²) >= 11 is 0. The van der Waals surface area contributed by atoms with E-state index in [0.717, 1.165) is 17.7 Å². The van der Waals surface area contributed by atoms with Crippen LogP contribution in [0.15, 0.2) is 53.1 Å². The number of nitrogens with one attached hydrogen (secondary N) is 1. The van der Waals surface area contributed by atoms with Gasteiger partial charge in [0.05, 0.1) is 22.9 Å². The van der Waals surface area contributed by atoms with Crippen LogP contribution in [0.3, 0.4) is 0 Å². The molecule has 0 aliphatic carbocycles. The third-order valence-corrected chi connectivity index (χ3v) is 6.03. The number of benzene rings is 1. The van der Waals surface area contributed by atoms with Crippen LogP contribution in [0.4, 0.5) is 22.0 Å². The van der Waals surface area contributed by atoms with E-state index >= 15 is 0 Å². The molecule has 35 heavy (non-hydrogen) atoms. The molecule has 1 aromatic rings. The second-order valence-corrected chi connectivity index (χ2v) is 9.17.